The molecule has 4 heteroatoms. The van der Waals surface area contributed by atoms with Crippen LogP contribution in [0.4, 0.5) is 5.82 Å². The fraction of sp³-hybridized carbons (Fsp3) is 0.412. The van der Waals surface area contributed by atoms with Crippen molar-refractivity contribution in [3.05, 3.63) is 35.9 Å². The molecule has 1 aromatic carbocycles. The first-order valence-corrected chi connectivity index (χ1v) is 7.36. The average Bonchev–Trinajstić information content (AvgIpc) is 2.53. The van der Waals surface area contributed by atoms with E-state index in [0.29, 0.717) is 0 Å². The highest BCUT2D eigenvalue weighted by atomic mass is 15.1. The monoisotopic (exact) mass is 282 g/mol. The number of fused-ring (bicyclic) bond motifs is 1. The second kappa shape index (κ2) is 7.05. The summed E-state index contributed by atoms with van der Waals surface area (Å²) in [5.74, 6) is 0.952. The number of nitrogens with one attached hydrogen (secondary N) is 1. The van der Waals surface area contributed by atoms with Crippen molar-refractivity contribution in [2.24, 2.45) is 5.92 Å². The first kappa shape index (κ1) is 15.3. The Bertz CT molecular complexity index is 645. The van der Waals surface area contributed by atoms with Gasteiger partial charge in [0.1, 0.15) is 5.82 Å². The predicted molar refractivity (Wildman–Crippen MR) is 87.0 cm³/mol. The maximum absolute atomic E-state index is 8.99. The Balaban J connectivity index is 2.29. The highest BCUT2D eigenvalue weighted by Gasteiger charge is 2.12. The molecule has 0 radical (unpaired) electrons. The van der Waals surface area contributed by atoms with Gasteiger partial charge in [-0.3, -0.25) is 4.90 Å². The van der Waals surface area contributed by atoms with Crippen molar-refractivity contribution < 1.29 is 0 Å². The molecule has 21 heavy (non-hydrogen) atoms. The third-order valence-corrected chi connectivity index (χ3v) is 3.63. The van der Waals surface area contributed by atoms with Crippen molar-refractivity contribution in [1.29, 1.82) is 5.26 Å². The summed E-state index contributed by atoms with van der Waals surface area (Å²) in [7, 11) is 1.90. The van der Waals surface area contributed by atoms with Crippen LogP contribution in [0.2, 0.25) is 0 Å². The van der Waals surface area contributed by atoms with Crippen LogP contribution in [-0.2, 0) is 6.54 Å². The molecule has 1 N–H and O–H groups in total. The molecule has 1 atom stereocenters. The Morgan fingerprint density at radius 1 is 1.38 bits per heavy atom. The van der Waals surface area contributed by atoms with E-state index in [1.54, 1.807) is 0 Å². The number of aromatic nitrogens is 1. The van der Waals surface area contributed by atoms with E-state index >= 15 is 0 Å². The molecule has 0 saturated heterocycles. The lowest BCUT2D eigenvalue weighted by Crippen LogP contribution is -2.28. The van der Waals surface area contributed by atoms with Gasteiger partial charge in [-0.15, -0.1) is 0 Å². The second-order valence-corrected chi connectivity index (χ2v) is 5.30. The molecule has 0 aliphatic rings. The van der Waals surface area contributed by atoms with Crippen molar-refractivity contribution in [3.8, 4) is 6.07 Å². The molecular formula is C17H22N4. The van der Waals surface area contributed by atoms with E-state index in [9.17, 15) is 0 Å². The van der Waals surface area contributed by atoms with Crippen LogP contribution in [0.1, 0.15) is 19.4 Å². The first-order chi connectivity index (χ1) is 10.2. The summed E-state index contributed by atoms with van der Waals surface area (Å²) in [5, 5.41) is 13.3. The molecular weight excluding hydrogens is 260 g/mol. The summed E-state index contributed by atoms with van der Waals surface area (Å²) >= 11 is 0. The standard InChI is InChI=1S/C17H22N4/c1-4-21(11-13(2)10-18)12-15-9-14-7-5-6-8-16(14)20-17(15)19-3/h5-9,13H,4,11-12H2,1-3H3,(H,19,20). The smallest absolute Gasteiger partial charge is 0.130 e. The van der Waals surface area contributed by atoms with E-state index < -0.39 is 0 Å². The first-order valence-electron chi connectivity index (χ1n) is 7.36. The number of hydrogen-bond acceptors (Lipinski definition) is 4. The molecule has 0 fully saturated rings. The Kier molecular flexibility index (Phi) is 5.13. The summed E-state index contributed by atoms with van der Waals surface area (Å²) in [6, 6.07) is 12.6. The molecule has 4 nitrogen and oxygen atoms in total. The van der Waals surface area contributed by atoms with E-state index in [2.05, 4.69) is 40.3 Å². The number of hydrogen-bond donors (Lipinski definition) is 1. The van der Waals surface area contributed by atoms with Crippen LogP contribution < -0.4 is 5.32 Å². The van der Waals surface area contributed by atoms with Gasteiger partial charge >= 0.3 is 0 Å². The second-order valence-electron chi connectivity index (χ2n) is 5.30. The summed E-state index contributed by atoms with van der Waals surface area (Å²) in [5.41, 5.74) is 2.17. The van der Waals surface area contributed by atoms with E-state index in [0.717, 1.165) is 36.4 Å². The molecule has 2 aromatic rings. The number of para-hydroxylation sites is 1. The number of benzene rings is 1. The lowest BCUT2D eigenvalue weighted by atomic mass is 10.1. The van der Waals surface area contributed by atoms with E-state index in [-0.39, 0.29) is 5.92 Å². The number of pyridine rings is 1. The maximum atomic E-state index is 8.99. The van der Waals surface area contributed by atoms with Crippen molar-refractivity contribution in [2.75, 3.05) is 25.5 Å². The van der Waals surface area contributed by atoms with Gasteiger partial charge in [-0.1, -0.05) is 25.1 Å². The quantitative estimate of drug-likeness (QED) is 0.883. The molecule has 0 saturated carbocycles. The third kappa shape index (κ3) is 3.71. The molecule has 0 amide bonds. The van der Waals surface area contributed by atoms with Crippen LogP contribution >= 0.6 is 0 Å². The Morgan fingerprint density at radius 3 is 2.81 bits per heavy atom. The van der Waals surface area contributed by atoms with Gasteiger partial charge in [-0.2, -0.15) is 5.26 Å². The van der Waals surface area contributed by atoms with Gasteiger partial charge in [-0.05, 0) is 25.6 Å². The summed E-state index contributed by atoms with van der Waals surface area (Å²) < 4.78 is 0. The summed E-state index contributed by atoms with van der Waals surface area (Å²) in [6.07, 6.45) is 0. The van der Waals surface area contributed by atoms with Gasteiger partial charge < -0.3 is 5.32 Å². The minimum atomic E-state index is 0.0383. The molecule has 0 aliphatic carbocycles. The fourth-order valence-electron chi connectivity index (χ4n) is 2.47. The summed E-state index contributed by atoms with van der Waals surface area (Å²) in [4.78, 5) is 6.96. The lowest BCUT2D eigenvalue weighted by Gasteiger charge is -2.23. The van der Waals surface area contributed by atoms with Crippen molar-refractivity contribution in [3.63, 3.8) is 0 Å². The van der Waals surface area contributed by atoms with Gasteiger partial charge in [0.2, 0.25) is 0 Å². The van der Waals surface area contributed by atoms with E-state index in [1.807, 2.05) is 32.2 Å². The lowest BCUT2D eigenvalue weighted by molar-refractivity contribution is 0.260. The van der Waals surface area contributed by atoms with Gasteiger partial charge in [0.25, 0.3) is 0 Å². The topological polar surface area (TPSA) is 52.0 Å². The van der Waals surface area contributed by atoms with Gasteiger partial charge in [0.05, 0.1) is 17.5 Å². The normalized spacial score (nSPS) is 12.3. The molecule has 1 unspecified atom stereocenters. The molecule has 1 heterocycles. The Hall–Kier alpha value is -2.12. The van der Waals surface area contributed by atoms with Crippen LogP contribution in [0.3, 0.4) is 0 Å². The zero-order chi connectivity index (χ0) is 15.2. The molecule has 1 aromatic heterocycles. The van der Waals surface area contributed by atoms with Gasteiger partial charge in [0.15, 0.2) is 0 Å². The number of rotatable bonds is 6. The highest BCUT2D eigenvalue weighted by Crippen LogP contribution is 2.21. The molecule has 0 spiro atoms. The highest BCUT2D eigenvalue weighted by molar-refractivity contribution is 5.81. The van der Waals surface area contributed by atoms with Crippen LogP contribution in [-0.4, -0.2) is 30.0 Å². The predicted octanol–water partition coefficient (Wildman–Crippen LogP) is 3.26. The maximum Gasteiger partial charge on any atom is 0.130 e. The van der Waals surface area contributed by atoms with Crippen LogP contribution in [0.5, 0.6) is 0 Å². The minimum absolute atomic E-state index is 0.0383. The zero-order valence-electron chi connectivity index (χ0n) is 12.9. The number of nitrogens with zero attached hydrogens (tertiary/aromatic N) is 3. The number of nitriles is 1. The molecule has 0 aliphatic heterocycles. The third-order valence-electron chi connectivity index (χ3n) is 3.63. The zero-order valence-corrected chi connectivity index (χ0v) is 12.9. The van der Waals surface area contributed by atoms with Gasteiger partial charge in [0, 0.05) is 31.1 Å². The van der Waals surface area contributed by atoms with Crippen LogP contribution in [0.15, 0.2) is 30.3 Å². The van der Waals surface area contributed by atoms with Gasteiger partial charge in [-0.25, -0.2) is 4.98 Å². The van der Waals surface area contributed by atoms with Crippen molar-refractivity contribution in [2.45, 2.75) is 20.4 Å². The minimum Gasteiger partial charge on any atom is -0.373 e. The molecule has 110 valence electrons. The van der Waals surface area contributed by atoms with Crippen molar-refractivity contribution in [1.82, 2.24) is 9.88 Å². The molecule has 0 bridgehead atoms. The van der Waals surface area contributed by atoms with E-state index in [4.69, 9.17) is 5.26 Å². The number of anilines is 1. The van der Waals surface area contributed by atoms with E-state index in [1.165, 1.54) is 5.56 Å². The van der Waals surface area contributed by atoms with Crippen molar-refractivity contribution >= 4 is 16.7 Å². The molecule has 2 rings (SSSR count). The summed E-state index contributed by atoms with van der Waals surface area (Å²) in [6.45, 7) is 6.58. The Labute approximate surface area is 126 Å². The SMILES string of the molecule is CCN(Cc1cc2ccccc2nc1NC)CC(C)C#N. The van der Waals surface area contributed by atoms with Crippen LogP contribution in [0, 0.1) is 17.2 Å². The van der Waals surface area contributed by atoms with Crippen LogP contribution in [0.25, 0.3) is 10.9 Å². The fourth-order valence-corrected chi connectivity index (χ4v) is 2.47. The Morgan fingerprint density at radius 2 is 2.14 bits per heavy atom. The largest absolute Gasteiger partial charge is 0.373 e. The average molecular weight is 282 g/mol.